The van der Waals surface area contributed by atoms with Gasteiger partial charge in [-0.05, 0) is 13.1 Å². The molecular weight excluding hydrogens is 268 g/mol. The molecule has 2 heterocycles. The second-order valence-electron chi connectivity index (χ2n) is 6.07. The van der Waals surface area contributed by atoms with Crippen molar-refractivity contribution in [1.29, 1.82) is 0 Å². The van der Waals surface area contributed by atoms with Crippen LogP contribution in [0.3, 0.4) is 0 Å². The summed E-state index contributed by atoms with van der Waals surface area (Å²) in [7, 11) is 2.00. The Labute approximate surface area is 125 Å². The van der Waals surface area contributed by atoms with Gasteiger partial charge in [0.05, 0.1) is 17.0 Å². The molecule has 1 atom stereocenters. The molecule has 2 aromatic heterocycles. The molecule has 110 valence electrons. The third kappa shape index (κ3) is 3.30. The number of nitrogens with one attached hydrogen (secondary N) is 1. The maximum absolute atomic E-state index is 5.54. The fraction of sp³-hybridized carbons (Fsp3) is 0.562. The molecule has 0 aliphatic rings. The lowest BCUT2D eigenvalue weighted by Crippen LogP contribution is -2.19. The molecule has 0 aromatic carbocycles. The Bertz CT molecular complexity index is 551. The highest BCUT2D eigenvalue weighted by molar-refractivity contribution is 7.09. The molecule has 4 heteroatoms. The normalized spacial score (nSPS) is 13.7. The highest BCUT2D eigenvalue weighted by Crippen LogP contribution is 2.28. The smallest absolute Gasteiger partial charge is 0.108 e. The van der Waals surface area contributed by atoms with E-state index < -0.39 is 0 Å². The Kier molecular flexibility index (Phi) is 4.66. The van der Waals surface area contributed by atoms with E-state index in [1.807, 2.05) is 7.05 Å². The molecule has 0 fully saturated rings. The van der Waals surface area contributed by atoms with Crippen molar-refractivity contribution in [3.63, 3.8) is 0 Å². The number of aromatic nitrogens is 1. The molecule has 1 unspecified atom stereocenters. The van der Waals surface area contributed by atoms with Crippen molar-refractivity contribution in [2.24, 2.45) is 0 Å². The first-order valence-electron chi connectivity index (χ1n) is 7.14. The Balaban J connectivity index is 2.17. The molecule has 3 nitrogen and oxygen atoms in total. The zero-order valence-corrected chi connectivity index (χ0v) is 13.8. The van der Waals surface area contributed by atoms with Crippen LogP contribution in [0.4, 0.5) is 0 Å². The molecule has 0 saturated heterocycles. The minimum Gasteiger partial charge on any atom is -0.469 e. The Hall–Kier alpha value is -1.13. The van der Waals surface area contributed by atoms with E-state index in [0.29, 0.717) is 0 Å². The molecule has 0 saturated carbocycles. The Morgan fingerprint density at radius 3 is 2.70 bits per heavy atom. The van der Waals surface area contributed by atoms with Gasteiger partial charge in [-0.15, -0.1) is 11.3 Å². The molecule has 0 aliphatic carbocycles. The average Bonchev–Trinajstić information content (AvgIpc) is 3.03. The molecule has 2 aromatic rings. The van der Waals surface area contributed by atoms with Crippen molar-refractivity contribution >= 4 is 11.3 Å². The molecule has 0 amide bonds. The number of rotatable bonds is 5. The van der Waals surface area contributed by atoms with Crippen molar-refractivity contribution in [2.45, 2.75) is 52.0 Å². The van der Waals surface area contributed by atoms with Crippen LogP contribution < -0.4 is 5.32 Å². The summed E-state index contributed by atoms with van der Waals surface area (Å²) < 4.78 is 5.54. The van der Waals surface area contributed by atoms with Gasteiger partial charge in [-0.2, -0.15) is 0 Å². The first-order chi connectivity index (χ1) is 9.45. The SMILES string of the molecule is CCc1occc1C(Cc1nc(C(C)(C)C)cs1)NC. The van der Waals surface area contributed by atoms with Crippen LogP contribution in [0.15, 0.2) is 22.1 Å². The van der Waals surface area contributed by atoms with Crippen LogP contribution in [0.5, 0.6) is 0 Å². The van der Waals surface area contributed by atoms with Crippen LogP contribution in [0.1, 0.15) is 55.8 Å². The van der Waals surface area contributed by atoms with E-state index in [0.717, 1.165) is 18.6 Å². The number of thiazole rings is 1. The Morgan fingerprint density at radius 1 is 1.40 bits per heavy atom. The zero-order valence-electron chi connectivity index (χ0n) is 13.0. The van der Waals surface area contributed by atoms with Gasteiger partial charge in [0.1, 0.15) is 5.76 Å². The first kappa shape index (κ1) is 15.3. The fourth-order valence-corrected chi connectivity index (χ4v) is 3.31. The molecule has 2 rings (SSSR count). The van der Waals surface area contributed by atoms with Crippen LogP contribution in [-0.2, 0) is 18.3 Å². The highest BCUT2D eigenvalue weighted by atomic mass is 32.1. The minimum absolute atomic E-state index is 0.119. The monoisotopic (exact) mass is 292 g/mol. The van der Waals surface area contributed by atoms with Crippen molar-refractivity contribution in [3.05, 3.63) is 39.7 Å². The number of likely N-dealkylation sites (N-methyl/N-ethyl adjacent to an activating group) is 1. The predicted molar refractivity (Wildman–Crippen MR) is 84.4 cm³/mol. The average molecular weight is 292 g/mol. The zero-order chi connectivity index (χ0) is 14.8. The van der Waals surface area contributed by atoms with Gasteiger partial charge >= 0.3 is 0 Å². The largest absolute Gasteiger partial charge is 0.469 e. The van der Waals surface area contributed by atoms with Gasteiger partial charge in [-0.3, -0.25) is 0 Å². The summed E-state index contributed by atoms with van der Waals surface area (Å²) in [6.07, 6.45) is 3.61. The maximum atomic E-state index is 5.54. The van der Waals surface area contributed by atoms with Gasteiger partial charge in [-0.1, -0.05) is 27.7 Å². The summed E-state index contributed by atoms with van der Waals surface area (Å²) in [6.45, 7) is 8.72. The highest BCUT2D eigenvalue weighted by Gasteiger charge is 2.21. The predicted octanol–water partition coefficient (Wildman–Crippen LogP) is 4.10. The molecule has 0 bridgehead atoms. The van der Waals surface area contributed by atoms with E-state index in [4.69, 9.17) is 9.40 Å². The molecule has 1 N–H and O–H groups in total. The summed E-state index contributed by atoms with van der Waals surface area (Å²) in [5.41, 5.74) is 2.55. The molecule has 20 heavy (non-hydrogen) atoms. The second kappa shape index (κ2) is 6.10. The van der Waals surface area contributed by atoms with Gasteiger partial charge in [-0.25, -0.2) is 4.98 Å². The quantitative estimate of drug-likeness (QED) is 0.901. The third-order valence-electron chi connectivity index (χ3n) is 3.52. The molecule has 0 radical (unpaired) electrons. The number of hydrogen-bond acceptors (Lipinski definition) is 4. The van der Waals surface area contributed by atoms with Crippen LogP contribution in [0.25, 0.3) is 0 Å². The van der Waals surface area contributed by atoms with E-state index in [9.17, 15) is 0 Å². The number of furan rings is 1. The van der Waals surface area contributed by atoms with E-state index in [-0.39, 0.29) is 11.5 Å². The topological polar surface area (TPSA) is 38.1 Å². The molecular formula is C16H24N2OS. The van der Waals surface area contributed by atoms with Crippen molar-refractivity contribution in [3.8, 4) is 0 Å². The first-order valence-corrected chi connectivity index (χ1v) is 8.02. The van der Waals surface area contributed by atoms with Gasteiger partial charge in [0.2, 0.25) is 0 Å². The lowest BCUT2D eigenvalue weighted by Gasteiger charge is -2.16. The Morgan fingerprint density at radius 2 is 2.15 bits per heavy atom. The number of hydrogen-bond donors (Lipinski definition) is 1. The van der Waals surface area contributed by atoms with Gasteiger partial charge in [0.25, 0.3) is 0 Å². The van der Waals surface area contributed by atoms with E-state index in [1.54, 1.807) is 17.6 Å². The van der Waals surface area contributed by atoms with Crippen LogP contribution >= 0.6 is 11.3 Å². The summed E-state index contributed by atoms with van der Waals surface area (Å²) in [5.74, 6) is 1.07. The van der Waals surface area contributed by atoms with Gasteiger partial charge < -0.3 is 9.73 Å². The second-order valence-corrected chi connectivity index (χ2v) is 7.02. The standard InChI is InChI=1S/C16H24N2OS/c1-6-13-11(7-8-19-13)12(17-5)9-15-18-14(10-20-15)16(2,3)4/h7-8,10,12,17H,6,9H2,1-5H3. The van der Waals surface area contributed by atoms with Crippen molar-refractivity contribution in [2.75, 3.05) is 7.05 Å². The van der Waals surface area contributed by atoms with E-state index in [1.165, 1.54) is 16.3 Å². The van der Waals surface area contributed by atoms with E-state index in [2.05, 4.69) is 44.5 Å². The van der Waals surface area contributed by atoms with Crippen molar-refractivity contribution < 1.29 is 4.42 Å². The van der Waals surface area contributed by atoms with Crippen LogP contribution in [0.2, 0.25) is 0 Å². The third-order valence-corrected chi connectivity index (χ3v) is 4.39. The minimum atomic E-state index is 0.119. The summed E-state index contributed by atoms with van der Waals surface area (Å²) in [6, 6.07) is 2.33. The fourth-order valence-electron chi connectivity index (χ4n) is 2.24. The number of aryl methyl sites for hydroxylation is 1. The number of nitrogens with zero attached hydrogens (tertiary/aromatic N) is 1. The maximum Gasteiger partial charge on any atom is 0.108 e. The molecule has 0 aliphatic heterocycles. The van der Waals surface area contributed by atoms with Gasteiger partial charge in [0, 0.05) is 35.2 Å². The molecule has 0 spiro atoms. The van der Waals surface area contributed by atoms with Crippen molar-refractivity contribution in [1.82, 2.24) is 10.3 Å². The lowest BCUT2D eigenvalue weighted by atomic mass is 9.93. The van der Waals surface area contributed by atoms with Crippen LogP contribution in [0, 0.1) is 0 Å². The van der Waals surface area contributed by atoms with Gasteiger partial charge in [0.15, 0.2) is 0 Å². The summed E-state index contributed by atoms with van der Waals surface area (Å²) in [5, 5.41) is 6.74. The lowest BCUT2D eigenvalue weighted by molar-refractivity contribution is 0.494. The summed E-state index contributed by atoms with van der Waals surface area (Å²) >= 11 is 1.75. The summed E-state index contributed by atoms with van der Waals surface area (Å²) in [4.78, 5) is 4.78. The van der Waals surface area contributed by atoms with E-state index >= 15 is 0 Å². The van der Waals surface area contributed by atoms with Crippen LogP contribution in [-0.4, -0.2) is 12.0 Å².